The summed E-state index contributed by atoms with van der Waals surface area (Å²) in [4.78, 5) is 12.5. The van der Waals surface area contributed by atoms with Gasteiger partial charge in [0.2, 0.25) is 0 Å². The number of allylic oxidation sites excluding steroid dienone is 1. The minimum atomic E-state index is -0.0708. The summed E-state index contributed by atoms with van der Waals surface area (Å²) in [5.74, 6) is 2.14. The van der Waals surface area contributed by atoms with Crippen LogP contribution in [-0.4, -0.2) is 25.1 Å². The van der Waals surface area contributed by atoms with Crippen molar-refractivity contribution in [2.75, 3.05) is 7.11 Å². The molecule has 0 aliphatic rings. The number of ether oxygens (including phenoxy) is 3. The highest BCUT2D eigenvalue weighted by Gasteiger charge is 2.11. The second-order valence-electron chi connectivity index (χ2n) is 6.89. The summed E-state index contributed by atoms with van der Waals surface area (Å²) in [6.07, 6.45) is 3.48. The molecule has 0 fully saturated rings. The average Bonchev–Trinajstić information content (AvgIpc) is 2.62. The van der Waals surface area contributed by atoms with Crippen molar-refractivity contribution in [2.24, 2.45) is 0 Å². The van der Waals surface area contributed by atoms with Gasteiger partial charge in [-0.15, -0.1) is 0 Å². The van der Waals surface area contributed by atoms with Gasteiger partial charge in [0.25, 0.3) is 0 Å². The van der Waals surface area contributed by atoms with Gasteiger partial charge in [0.1, 0.15) is 17.2 Å². The first-order valence-electron chi connectivity index (χ1n) is 9.14. The molecule has 0 heterocycles. The first-order valence-corrected chi connectivity index (χ1v) is 9.14. The Balaban J connectivity index is 2.31. The van der Waals surface area contributed by atoms with Crippen LogP contribution < -0.4 is 14.2 Å². The van der Waals surface area contributed by atoms with Gasteiger partial charge in [-0.3, -0.25) is 4.79 Å². The van der Waals surface area contributed by atoms with Gasteiger partial charge < -0.3 is 14.2 Å². The van der Waals surface area contributed by atoms with Crippen LogP contribution >= 0.6 is 0 Å². The molecule has 0 N–H and O–H groups in total. The molecule has 144 valence electrons. The predicted octanol–water partition coefficient (Wildman–Crippen LogP) is 5.47. The smallest absolute Gasteiger partial charge is 0.185 e. The number of rotatable bonds is 8. The Hall–Kier alpha value is -2.75. The minimum Gasteiger partial charge on any atom is -0.497 e. The van der Waals surface area contributed by atoms with Crippen LogP contribution in [0.3, 0.4) is 0 Å². The Morgan fingerprint density at radius 1 is 0.926 bits per heavy atom. The predicted molar refractivity (Wildman–Crippen MR) is 109 cm³/mol. The highest BCUT2D eigenvalue weighted by atomic mass is 16.5. The van der Waals surface area contributed by atoms with Crippen LogP contribution in [0.15, 0.2) is 42.5 Å². The number of hydrogen-bond donors (Lipinski definition) is 0. The standard InChI is InChI=1S/C23H28O4/c1-15(2)26-21-13-19(17(5)23(14-21)27-16(3)4)9-12-22(24)18-7-10-20(25-6)11-8-18/h7-16H,1-6H3. The Kier molecular flexibility index (Phi) is 7.05. The first-order chi connectivity index (χ1) is 12.8. The van der Waals surface area contributed by atoms with Gasteiger partial charge in [-0.1, -0.05) is 6.08 Å². The van der Waals surface area contributed by atoms with E-state index in [2.05, 4.69) is 0 Å². The fourth-order valence-corrected chi connectivity index (χ4v) is 2.59. The Morgan fingerprint density at radius 2 is 1.56 bits per heavy atom. The third-order valence-corrected chi connectivity index (χ3v) is 3.90. The van der Waals surface area contributed by atoms with Crippen LogP contribution in [0.4, 0.5) is 0 Å². The van der Waals surface area contributed by atoms with Gasteiger partial charge in [-0.2, -0.15) is 0 Å². The summed E-state index contributed by atoms with van der Waals surface area (Å²) in [5, 5.41) is 0. The maximum Gasteiger partial charge on any atom is 0.185 e. The van der Waals surface area contributed by atoms with Gasteiger partial charge in [0.05, 0.1) is 19.3 Å². The van der Waals surface area contributed by atoms with E-state index in [9.17, 15) is 4.79 Å². The summed E-state index contributed by atoms with van der Waals surface area (Å²) in [6, 6.07) is 10.9. The Labute approximate surface area is 161 Å². The number of hydrogen-bond acceptors (Lipinski definition) is 4. The molecule has 0 bridgehead atoms. The molecule has 0 unspecified atom stereocenters. The van der Waals surface area contributed by atoms with Crippen molar-refractivity contribution in [3.8, 4) is 17.2 Å². The zero-order valence-corrected chi connectivity index (χ0v) is 16.9. The lowest BCUT2D eigenvalue weighted by Gasteiger charge is -2.17. The number of benzene rings is 2. The quantitative estimate of drug-likeness (QED) is 0.457. The lowest BCUT2D eigenvalue weighted by atomic mass is 10.0. The van der Waals surface area contributed by atoms with E-state index >= 15 is 0 Å². The molecule has 0 saturated carbocycles. The lowest BCUT2D eigenvalue weighted by Crippen LogP contribution is -2.09. The maximum absolute atomic E-state index is 12.5. The second-order valence-corrected chi connectivity index (χ2v) is 6.89. The van der Waals surface area contributed by atoms with Crippen LogP contribution in [-0.2, 0) is 0 Å². The van der Waals surface area contributed by atoms with E-state index in [1.165, 1.54) is 0 Å². The summed E-state index contributed by atoms with van der Waals surface area (Å²) in [5.41, 5.74) is 2.47. The molecule has 4 heteroatoms. The topological polar surface area (TPSA) is 44.8 Å². The monoisotopic (exact) mass is 368 g/mol. The van der Waals surface area contributed by atoms with Crippen LogP contribution in [0, 0.1) is 6.92 Å². The average molecular weight is 368 g/mol. The molecule has 0 radical (unpaired) electrons. The van der Waals surface area contributed by atoms with Gasteiger partial charge in [0.15, 0.2) is 5.78 Å². The van der Waals surface area contributed by atoms with Crippen LogP contribution in [0.5, 0.6) is 17.2 Å². The van der Waals surface area contributed by atoms with Crippen LogP contribution in [0.1, 0.15) is 49.2 Å². The molecule has 0 spiro atoms. The van der Waals surface area contributed by atoms with E-state index in [0.29, 0.717) is 5.56 Å². The second kappa shape index (κ2) is 9.26. The normalized spacial score (nSPS) is 11.3. The summed E-state index contributed by atoms with van der Waals surface area (Å²) < 4.78 is 16.9. The molecule has 0 aliphatic heterocycles. The van der Waals surface area contributed by atoms with E-state index in [-0.39, 0.29) is 18.0 Å². The van der Waals surface area contributed by atoms with E-state index in [0.717, 1.165) is 28.4 Å². The van der Waals surface area contributed by atoms with Crippen LogP contribution in [0.25, 0.3) is 6.08 Å². The van der Waals surface area contributed by atoms with Crippen molar-refractivity contribution in [3.05, 3.63) is 59.2 Å². The van der Waals surface area contributed by atoms with E-state index in [4.69, 9.17) is 14.2 Å². The number of methoxy groups -OCH3 is 1. The molecular formula is C23H28O4. The zero-order valence-electron chi connectivity index (χ0n) is 16.9. The first kappa shape index (κ1) is 20.6. The van der Waals surface area contributed by atoms with Gasteiger partial charge in [-0.25, -0.2) is 0 Å². The van der Waals surface area contributed by atoms with Crippen molar-refractivity contribution >= 4 is 11.9 Å². The third kappa shape index (κ3) is 5.88. The third-order valence-electron chi connectivity index (χ3n) is 3.90. The maximum atomic E-state index is 12.5. The van der Waals surface area contributed by atoms with E-state index in [1.807, 2.05) is 52.8 Å². The fraction of sp³-hybridized carbons (Fsp3) is 0.348. The highest BCUT2D eigenvalue weighted by molar-refractivity contribution is 6.07. The van der Waals surface area contributed by atoms with Crippen molar-refractivity contribution in [1.82, 2.24) is 0 Å². The minimum absolute atomic E-state index is 0.0516. The SMILES string of the molecule is COc1ccc(C(=O)C=Cc2cc(OC(C)C)cc(OC(C)C)c2C)cc1. The van der Waals surface area contributed by atoms with Crippen LogP contribution in [0.2, 0.25) is 0 Å². The molecule has 2 rings (SSSR count). The highest BCUT2D eigenvalue weighted by Crippen LogP contribution is 2.30. The Bertz CT molecular complexity index is 802. The molecule has 4 nitrogen and oxygen atoms in total. The van der Waals surface area contributed by atoms with Crippen molar-refractivity contribution < 1.29 is 19.0 Å². The van der Waals surface area contributed by atoms with Gasteiger partial charge >= 0.3 is 0 Å². The molecule has 0 aliphatic carbocycles. The molecule has 0 atom stereocenters. The van der Waals surface area contributed by atoms with E-state index < -0.39 is 0 Å². The van der Waals surface area contributed by atoms with Crippen molar-refractivity contribution in [2.45, 2.75) is 46.8 Å². The number of carbonyl (C=O) groups is 1. The fourth-order valence-electron chi connectivity index (χ4n) is 2.59. The molecule has 2 aromatic carbocycles. The summed E-state index contributed by atoms with van der Waals surface area (Å²) in [6.45, 7) is 9.90. The molecule has 0 aromatic heterocycles. The molecular weight excluding hydrogens is 340 g/mol. The number of ketones is 1. The van der Waals surface area contributed by atoms with E-state index in [1.54, 1.807) is 37.5 Å². The molecule has 2 aromatic rings. The zero-order chi connectivity index (χ0) is 20.0. The number of carbonyl (C=O) groups excluding carboxylic acids is 1. The summed E-state index contributed by atoms with van der Waals surface area (Å²) in [7, 11) is 1.60. The molecule has 27 heavy (non-hydrogen) atoms. The van der Waals surface area contributed by atoms with Gasteiger partial charge in [0, 0.05) is 11.6 Å². The largest absolute Gasteiger partial charge is 0.497 e. The van der Waals surface area contributed by atoms with Crippen molar-refractivity contribution in [1.29, 1.82) is 0 Å². The molecule has 0 amide bonds. The summed E-state index contributed by atoms with van der Waals surface area (Å²) >= 11 is 0. The lowest BCUT2D eigenvalue weighted by molar-refractivity contribution is 0.104. The van der Waals surface area contributed by atoms with Gasteiger partial charge in [-0.05, 0) is 82.2 Å². The molecule has 0 saturated heterocycles. The Morgan fingerprint density at radius 3 is 2.11 bits per heavy atom. The van der Waals surface area contributed by atoms with Crippen molar-refractivity contribution in [3.63, 3.8) is 0 Å².